The lowest BCUT2D eigenvalue weighted by Crippen LogP contribution is -2.18. The van der Waals surface area contributed by atoms with Crippen LogP contribution in [0.2, 0.25) is 0 Å². The molecule has 5 nitrogen and oxygen atoms in total. The van der Waals surface area contributed by atoms with Gasteiger partial charge in [-0.3, -0.25) is 4.79 Å². The predicted molar refractivity (Wildman–Crippen MR) is 72.3 cm³/mol. The summed E-state index contributed by atoms with van der Waals surface area (Å²) in [5.41, 5.74) is 1.09. The molecule has 0 amide bonds. The molecule has 0 spiro atoms. The van der Waals surface area contributed by atoms with Crippen LogP contribution in [-0.4, -0.2) is 28.8 Å². The smallest absolute Gasteiger partial charge is 0.254 e. The van der Waals surface area contributed by atoms with Crippen LogP contribution in [0.5, 0.6) is 5.75 Å². The van der Waals surface area contributed by atoms with E-state index in [0.717, 1.165) is 0 Å². The van der Waals surface area contributed by atoms with Gasteiger partial charge in [-0.15, -0.1) is 0 Å². The van der Waals surface area contributed by atoms with Crippen LogP contribution in [0.1, 0.15) is 11.3 Å². The molecule has 0 radical (unpaired) electrons. The minimum absolute atomic E-state index is 0.123. The number of aromatic nitrogens is 2. The van der Waals surface area contributed by atoms with Crippen LogP contribution < -0.4 is 10.3 Å². The van der Waals surface area contributed by atoms with E-state index in [4.69, 9.17) is 9.84 Å². The van der Waals surface area contributed by atoms with Crippen molar-refractivity contribution in [2.75, 3.05) is 13.7 Å². The van der Waals surface area contributed by atoms with E-state index in [1.807, 2.05) is 0 Å². The van der Waals surface area contributed by atoms with Gasteiger partial charge in [-0.1, -0.05) is 0 Å². The zero-order valence-electron chi connectivity index (χ0n) is 11.2. The first-order valence-electron chi connectivity index (χ1n) is 6.11. The van der Waals surface area contributed by atoms with Crippen molar-refractivity contribution in [3.8, 4) is 17.1 Å². The number of aliphatic hydroxyl groups excluding tert-OH is 1. The molecule has 106 valence electrons. The first-order chi connectivity index (χ1) is 9.56. The monoisotopic (exact) mass is 278 g/mol. The Hall–Kier alpha value is -2.21. The van der Waals surface area contributed by atoms with E-state index in [1.54, 1.807) is 13.0 Å². The summed E-state index contributed by atoms with van der Waals surface area (Å²) >= 11 is 0. The number of benzene rings is 1. The summed E-state index contributed by atoms with van der Waals surface area (Å²) < 4.78 is 18.5. The first-order valence-corrected chi connectivity index (χ1v) is 6.11. The summed E-state index contributed by atoms with van der Waals surface area (Å²) in [5.74, 6) is -0.106. The molecule has 1 heterocycles. The van der Waals surface area contributed by atoms with Crippen molar-refractivity contribution in [1.29, 1.82) is 0 Å². The van der Waals surface area contributed by atoms with Crippen LogP contribution >= 0.6 is 0 Å². The molecule has 0 atom stereocenters. The fourth-order valence-corrected chi connectivity index (χ4v) is 1.97. The quantitative estimate of drug-likeness (QED) is 0.887. The molecule has 1 aromatic heterocycles. The van der Waals surface area contributed by atoms with Gasteiger partial charge in [0.15, 0.2) is 11.6 Å². The van der Waals surface area contributed by atoms with Gasteiger partial charge < -0.3 is 14.8 Å². The predicted octanol–water partition coefficient (Wildman–Crippen LogP) is 1.43. The van der Waals surface area contributed by atoms with Gasteiger partial charge in [-0.05, 0) is 25.1 Å². The van der Waals surface area contributed by atoms with E-state index >= 15 is 0 Å². The maximum absolute atomic E-state index is 13.7. The highest BCUT2D eigenvalue weighted by Gasteiger charge is 2.11. The Bertz CT molecular complexity index is 683. The van der Waals surface area contributed by atoms with E-state index in [-0.39, 0.29) is 30.2 Å². The molecule has 20 heavy (non-hydrogen) atoms. The van der Waals surface area contributed by atoms with E-state index in [0.29, 0.717) is 16.8 Å². The highest BCUT2D eigenvalue weighted by molar-refractivity contribution is 5.56. The molecule has 2 rings (SSSR count). The lowest BCUT2D eigenvalue weighted by molar-refractivity contribution is 0.298. The second kappa shape index (κ2) is 5.83. The molecular formula is C14H15FN2O3. The Morgan fingerprint density at radius 1 is 1.45 bits per heavy atom. The molecule has 0 unspecified atom stereocenters. The largest absolute Gasteiger partial charge is 0.494 e. The number of rotatable bonds is 4. The van der Waals surface area contributed by atoms with E-state index in [9.17, 15) is 9.18 Å². The number of hydrogen-bond donors (Lipinski definition) is 2. The Morgan fingerprint density at radius 3 is 2.75 bits per heavy atom. The molecule has 2 aromatic rings. The molecule has 2 N–H and O–H groups in total. The minimum atomic E-state index is -0.523. The Balaban J connectivity index is 2.48. The van der Waals surface area contributed by atoms with Gasteiger partial charge >= 0.3 is 0 Å². The van der Waals surface area contributed by atoms with Crippen molar-refractivity contribution in [1.82, 2.24) is 9.97 Å². The van der Waals surface area contributed by atoms with Crippen molar-refractivity contribution in [3.63, 3.8) is 0 Å². The maximum atomic E-state index is 13.7. The van der Waals surface area contributed by atoms with Crippen LogP contribution in [0.3, 0.4) is 0 Å². The lowest BCUT2D eigenvalue weighted by Gasteiger charge is -2.08. The van der Waals surface area contributed by atoms with Crippen LogP contribution in [0.25, 0.3) is 11.4 Å². The molecular weight excluding hydrogens is 263 g/mol. The Morgan fingerprint density at radius 2 is 2.20 bits per heavy atom. The second-order valence-electron chi connectivity index (χ2n) is 4.30. The summed E-state index contributed by atoms with van der Waals surface area (Å²) in [6.07, 6.45) is 0.241. The normalized spacial score (nSPS) is 10.6. The van der Waals surface area contributed by atoms with Crippen LogP contribution in [-0.2, 0) is 6.42 Å². The zero-order valence-corrected chi connectivity index (χ0v) is 11.2. The number of aryl methyl sites for hydroxylation is 1. The summed E-state index contributed by atoms with van der Waals surface area (Å²) in [5, 5.41) is 8.90. The van der Waals surface area contributed by atoms with Crippen molar-refractivity contribution < 1.29 is 14.2 Å². The molecule has 0 bridgehead atoms. The van der Waals surface area contributed by atoms with Crippen molar-refractivity contribution >= 4 is 0 Å². The number of aromatic amines is 1. The lowest BCUT2D eigenvalue weighted by atomic mass is 10.1. The van der Waals surface area contributed by atoms with Gasteiger partial charge in [0, 0.05) is 29.8 Å². The molecule has 0 aliphatic carbocycles. The molecule has 6 heteroatoms. The van der Waals surface area contributed by atoms with Crippen molar-refractivity contribution in [3.05, 3.63) is 45.6 Å². The summed E-state index contributed by atoms with van der Waals surface area (Å²) in [4.78, 5) is 18.7. The average Bonchev–Trinajstić information content (AvgIpc) is 2.42. The molecule has 0 aliphatic heterocycles. The number of nitrogens with zero attached hydrogens (tertiary/aromatic N) is 1. The van der Waals surface area contributed by atoms with Crippen LogP contribution in [0.4, 0.5) is 4.39 Å². The Kier molecular flexibility index (Phi) is 4.14. The number of aliphatic hydroxyl groups is 1. The number of methoxy groups -OCH3 is 1. The van der Waals surface area contributed by atoms with Gasteiger partial charge in [0.2, 0.25) is 0 Å². The fraction of sp³-hybridized carbons (Fsp3) is 0.286. The van der Waals surface area contributed by atoms with Gasteiger partial charge in [-0.25, -0.2) is 9.37 Å². The minimum Gasteiger partial charge on any atom is -0.494 e. The average molecular weight is 278 g/mol. The second-order valence-corrected chi connectivity index (χ2v) is 4.30. The highest BCUT2D eigenvalue weighted by atomic mass is 19.1. The van der Waals surface area contributed by atoms with E-state index in [1.165, 1.54) is 19.2 Å². The fourth-order valence-electron chi connectivity index (χ4n) is 1.97. The molecule has 0 fully saturated rings. The Labute approximate surface area is 115 Å². The van der Waals surface area contributed by atoms with Crippen molar-refractivity contribution in [2.45, 2.75) is 13.3 Å². The number of ether oxygens (including phenoxy) is 1. The summed E-state index contributed by atoms with van der Waals surface area (Å²) in [6, 6.07) is 4.34. The van der Waals surface area contributed by atoms with Crippen LogP contribution in [0, 0.1) is 12.7 Å². The topological polar surface area (TPSA) is 75.2 Å². The molecule has 0 aliphatic rings. The highest BCUT2D eigenvalue weighted by Crippen LogP contribution is 2.23. The van der Waals surface area contributed by atoms with Gasteiger partial charge in [0.25, 0.3) is 5.56 Å². The number of hydrogen-bond acceptors (Lipinski definition) is 4. The first kappa shape index (κ1) is 14.2. The molecule has 0 saturated carbocycles. The number of nitrogens with one attached hydrogen (secondary N) is 1. The molecule has 1 aromatic carbocycles. The van der Waals surface area contributed by atoms with Crippen molar-refractivity contribution in [2.24, 2.45) is 0 Å². The zero-order chi connectivity index (χ0) is 14.7. The molecule has 0 saturated heterocycles. The summed E-state index contributed by atoms with van der Waals surface area (Å²) in [7, 11) is 1.38. The number of H-pyrrole nitrogens is 1. The number of halogens is 1. The van der Waals surface area contributed by atoms with E-state index in [2.05, 4.69) is 9.97 Å². The van der Waals surface area contributed by atoms with Gasteiger partial charge in [0.05, 0.1) is 7.11 Å². The maximum Gasteiger partial charge on any atom is 0.254 e. The third-order valence-electron chi connectivity index (χ3n) is 3.01. The standard InChI is InChI=1S/C14H15FN2O3/c1-8-10(5-6-18)14(19)17-13(16-8)9-3-4-12(20-2)11(15)7-9/h3-4,7,18H,5-6H2,1-2H3,(H,16,17,19). The van der Waals surface area contributed by atoms with Gasteiger partial charge in [0.1, 0.15) is 5.82 Å². The third-order valence-corrected chi connectivity index (χ3v) is 3.01. The SMILES string of the molecule is COc1ccc(-c2nc(C)c(CCO)c(=O)[nH]2)cc1F. The van der Waals surface area contributed by atoms with Gasteiger partial charge in [-0.2, -0.15) is 0 Å². The van der Waals surface area contributed by atoms with E-state index < -0.39 is 5.82 Å². The summed E-state index contributed by atoms with van der Waals surface area (Å²) in [6.45, 7) is 1.56. The van der Waals surface area contributed by atoms with Crippen LogP contribution in [0.15, 0.2) is 23.0 Å². The third kappa shape index (κ3) is 2.70.